The zero-order chi connectivity index (χ0) is 18.1. The summed E-state index contributed by atoms with van der Waals surface area (Å²) in [7, 11) is 0. The van der Waals surface area contributed by atoms with Gasteiger partial charge in [-0.3, -0.25) is 9.79 Å². The molecule has 0 bridgehead atoms. The van der Waals surface area contributed by atoms with E-state index in [4.69, 9.17) is 0 Å². The second-order valence-corrected chi connectivity index (χ2v) is 6.50. The molecule has 2 N–H and O–H groups in total. The van der Waals surface area contributed by atoms with Gasteiger partial charge >= 0.3 is 0 Å². The van der Waals surface area contributed by atoms with E-state index in [0.717, 1.165) is 32.0 Å². The van der Waals surface area contributed by atoms with Gasteiger partial charge in [0.1, 0.15) is 0 Å². The molecule has 1 aliphatic heterocycles. The fourth-order valence-electron chi connectivity index (χ4n) is 2.86. The van der Waals surface area contributed by atoms with Gasteiger partial charge in [-0.1, -0.05) is 36.4 Å². The molecule has 0 fully saturated rings. The Kier molecular flexibility index (Phi) is 10.3. The zero-order valence-electron chi connectivity index (χ0n) is 16.0. The van der Waals surface area contributed by atoms with Gasteiger partial charge < -0.3 is 15.5 Å². The highest BCUT2D eigenvalue weighted by Crippen LogP contribution is 2.21. The molecular formula is C20H31IN4O. The molecule has 6 heteroatoms. The highest BCUT2D eigenvalue weighted by molar-refractivity contribution is 14.0. The summed E-state index contributed by atoms with van der Waals surface area (Å²) in [6.07, 6.45) is 3.70. The van der Waals surface area contributed by atoms with E-state index in [9.17, 15) is 4.79 Å². The molecule has 0 saturated carbocycles. The molecule has 0 unspecified atom stereocenters. The average molecular weight is 470 g/mol. The minimum atomic E-state index is 0. The Labute approximate surface area is 174 Å². The van der Waals surface area contributed by atoms with Gasteiger partial charge in [0, 0.05) is 32.1 Å². The predicted octanol–water partition coefficient (Wildman–Crippen LogP) is 3.27. The number of amides is 1. The van der Waals surface area contributed by atoms with Crippen molar-refractivity contribution >= 4 is 41.4 Å². The molecular weight excluding hydrogens is 439 g/mol. The number of carbonyl (C=O) groups is 1. The number of hydrogen-bond donors (Lipinski definition) is 2. The third-order valence-electron chi connectivity index (χ3n) is 4.04. The smallest absolute Gasteiger partial charge is 0.222 e. The van der Waals surface area contributed by atoms with E-state index in [2.05, 4.69) is 57.8 Å². The number of aliphatic imine (C=N–C) groups is 1. The summed E-state index contributed by atoms with van der Waals surface area (Å²) < 4.78 is 0. The van der Waals surface area contributed by atoms with E-state index >= 15 is 0 Å². The van der Waals surface area contributed by atoms with Crippen molar-refractivity contribution in [2.45, 2.75) is 39.7 Å². The molecule has 1 aromatic rings. The maximum atomic E-state index is 11.7. The van der Waals surface area contributed by atoms with E-state index in [1.165, 1.54) is 11.1 Å². The van der Waals surface area contributed by atoms with Crippen molar-refractivity contribution in [1.82, 2.24) is 15.5 Å². The van der Waals surface area contributed by atoms with Crippen LogP contribution >= 0.6 is 24.0 Å². The number of benzene rings is 1. The van der Waals surface area contributed by atoms with Crippen LogP contribution < -0.4 is 10.6 Å². The summed E-state index contributed by atoms with van der Waals surface area (Å²) in [5.74, 6) is 0.947. The molecule has 0 atom stereocenters. The van der Waals surface area contributed by atoms with Gasteiger partial charge in [0.25, 0.3) is 0 Å². The number of hydrogen-bond acceptors (Lipinski definition) is 2. The molecule has 5 nitrogen and oxygen atoms in total. The first-order valence-electron chi connectivity index (χ1n) is 9.17. The maximum Gasteiger partial charge on any atom is 0.222 e. The number of nitrogens with zero attached hydrogens (tertiary/aromatic N) is 2. The topological polar surface area (TPSA) is 56.7 Å². The molecule has 1 aliphatic rings. The van der Waals surface area contributed by atoms with Crippen LogP contribution in [-0.4, -0.2) is 49.0 Å². The lowest BCUT2D eigenvalue weighted by Gasteiger charge is -2.30. The number of halogens is 1. The van der Waals surface area contributed by atoms with Gasteiger partial charge in [-0.25, -0.2) is 0 Å². The molecule has 1 aromatic carbocycles. The minimum absolute atomic E-state index is 0. The van der Waals surface area contributed by atoms with Crippen LogP contribution in [0.25, 0.3) is 5.57 Å². The van der Waals surface area contributed by atoms with Crippen LogP contribution in [0.3, 0.4) is 0 Å². The lowest BCUT2D eigenvalue weighted by atomic mass is 10.00. The molecule has 0 radical (unpaired) electrons. The van der Waals surface area contributed by atoms with Crippen molar-refractivity contribution in [3.05, 3.63) is 42.0 Å². The molecule has 144 valence electrons. The average Bonchev–Trinajstić information content (AvgIpc) is 2.61. The first-order valence-corrected chi connectivity index (χ1v) is 9.17. The van der Waals surface area contributed by atoms with E-state index in [1.807, 2.05) is 19.9 Å². The van der Waals surface area contributed by atoms with Crippen molar-refractivity contribution in [3.8, 4) is 0 Å². The van der Waals surface area contributed by atoms with Crippen LogP contribution in [0.4, 0.5) is 0 Å². The summed E-state index contributed by atoms with van der Waals surface area (Å²) in [6.45, 7) is 9.11. The minimum Gasteiger partial charge on any atom is -0.357 e. The highest BCUT2D eigenvalue weighted by Gasteiger charge is 2.16. The molecule has 0 aromatic heterocycles. The number of rotatable bonds is 6. The van der Waals surface area contributed by atoms with Crippen molar-refractivity contribution in [3.63, 3.8) is 0 Å². The third-order valence-corrected chi connectivity index (χ3v) is 4.04. The normalized spacial score (nSPS) is 14.5. The Morgan fingerprint density at radius 1 is 1.27 bits per heavy atom. The summed E-state index contributed by atoms with van der Waals surface area (Å²) in [5.41, 5.74) is 2.69. The molecule has 2 rings (SSSR count). The van der Waals surface area contributed by atoms with Crippen LogP contribution in [0.2, 0.25) is 0 Å². The molecule has 26 heavy (non-hydrogen) atoms. The predicted molar refractivity (Wildman–Crippen MR) is 120 cm³/mol. The summed E-state index contributed by atoms with van der Waals surface area (Å²) >= 11 is 0. The van der Waals surface area contributed by atoms with Gasteiger partial charge in [-0.2, -0.15) is 0 Å². The molecule has 0 saturated heterocycles. The second-order valence-electron chi connectivity index (χ2n) is 6.50. The summed E-state index contributed by atoms with van der Waals surface area (Å²) in [4.78, 5) is 18.6. The fourth-order valence-corrected chi connectivity index (χ4v) is 2.86. The monoisotopic (exact) mass is 470 g/mol. The molecule has 0 aliphatic carbocycles. The van der Waals surface area contributed by atoms with Gasteiger partial charge in [-0.15, -0.1) is 24.0 Å². The largest absolute Gasteiger partial charge is 0.357 e. The first-order chi connectivity index (χ1) is 12.1. The number of nitrogens with one attached hydrogen (secondary N) is 2. The SMILES string of the molecule is CCNC(=NCCC(=O)NC(C)C)N1CC=C(c2ccccc2)CC1.I. The Bertz CT molecular complexity index is 613. The maximum absolute atomic E-state index is 11.7. The Balaban J connectivity index is 0.00000338. The fraction of sp³-hybridized carbons (Fsp3) is 0.500. The van der Waals surface area contributed by atoms with E-state index in [0.29, 0.717) is 13.0 Å². The van der Waals surface area contributed by atoms with Crippen LogP contribution in [0.5, 0.6) is 0 Å². The molecule has 1 amide bonds. The second kappa shape index (κ2) is 11.9. The summed E-state index contributed by atoms with van der Waals surface area (Å²) in [5, 5.41) is 6.24. The van der Waals surface area contributed by atoms with Gasteiger partial charge in [0.15, 0.2) is 5.96 Å². The van der Waals surface area contributed by atoms with Gasteiger partial charge in [-0.05, 0) is 38.3 Å². The standard InChI is InChI=1S/C20H30N4O.HI/c1-4-21-20(22-13-10-19(25)23-16(2)3)24-14-11-18(12-15-24)17-8-6-5-7-9-17;/h5-9,11,16H,4,10,12-15H2,1-3H3,(H,21,22)(H,23,25);1H. The van der Waals surface area contributed by atoms with Crippen LogP contribution in [0.15, 0.2) is 41.4 Å². The third kappa shape index (κ3) is 7.35. The van der Waals surface area contributed by atoms with Crippen molar-refractivity contribution in [2.24, 2.45) is 4.99 Å². The van der Waals surface area contributed by atoms with Gasteiger partial charge in [0.2, 0.25) is 5.91 Å². The van der Waals surface area contributed by atoms with E-state index in [-0.39, 0.29) is 35.9 Å². The Morgan fingerprint density at radius 3 is 2.58 bits per heavy atom. The van der Waals surface area contributed by atoms with Gasteiger partial charge in [0.05, 0.1) is 6.54 Å². The summed E-state index contributed by atoms with van der Waals surface area (Å²) in [6, 6.07) is 10.7. The Hall–Kier alpha value is -1.57. The number of guanidine groups is 1. The number of carbonyl (C=O) groups excluding carboxylic acids is 1. The van der Waals surface area contributed by atoms with Crippen molar-refractivity contribution in [2.75, 3.05) is 26.2 Å². The lowest BCUT2D eigenvalue weighted by Crippen LogP contribution is -2.43. The van der Waals surface area contributed by atoms with Crippen LogP contribution in [0.1, 0.15) is 39.2 Å². The quantitative estimate of drug-likeness (QED) is 0.381. The van der Waals surface area contributed by atoms with E-state index in [1.54, 1.807) is 0 Å². The Morgan fingerprint density at radius 2 is 2.00 bits per heavy atom. The van der Waals surface area contributed by atoms with E-state index < -0.39 is 0 Å². The molecule has 0 spiro atoms. The highest BCUT2D eigenvalue weighted by atomic mass is 127. The zero-order valence-corrected chi connectivity index (χ0v) is 18.3. The molecule has 1 heterocycles. The van der Waals surface area contributed by atoms with Crippen molar-refractivity contribution in [1.29, 1.82) is 0 Å². The van der Waals surface area contributed by atoms with Crippen molar-refractivity contribution < 1.29 is 4.79 Å². The van der Waals surface area contributed by atoms with Crippen LogP contribution in [-0.2, 0) is 4.79 Å². The lowest BCUT2D eigenvalue weighted by molar-refractivity contribution is -0.121. The van der Waals surface area contributed by atoms with Crippen LogP contribution in [0, 0.1) is 0 Å². The first kappa shape index (κ1) is 22.5.